The highest BCUT2D eigenvalue weighted by Crippen LogP contribution is 2.38. The van der Waals surface area contributed by atoms with Crippen LogP contribution in [0.5, 0.6) is 5.75 Å². The second-order valence-electron chi connectivity index (χ2n) is 4.43. The van der Waals surface area contributed by atoms with E-state index in [0.29, 0.717) is 0 Å². The van der Waals surface area contributed by atoms with Gasteiger partial charge < -0.3 is 4.74 Å². The van der Waals surface area contributed by atoms with Gasteiger partial charge in [0, 0.05) is 18.0 Å². The van der Waals surface area contributed by atoms with Crippen molar-refractivity contribution in [2.75, 3.05) is 0 Å². The van der Waals surface area contributed by atoms with Crippen LogP contribution >= 0.6 is 0 Å². The minimum atomic E-state index is -0.110. The van der Waals surface area contributed by atoms with Crippen LogP contribution in [0.4, 0.5) is 0 Å². The van der Waals surface area contributed by atoms with Crippen LogP contribution in [0.15, 0.2) is 61.3 Å². The van der Waals surface area contributed by atoms with Gasteiger partial charge in [-0.1, -0.05) is 18.2 Å². The summed E-state index contributed by atoms with van der Waals surface area (Å²) in [4.78, 5) is 8.21. The standard InChI is InChI=1S/C15H11N3O/c1-2-4-13-12(3-1)15(14-9-17-10-18(13)14)19-11-5-7-16-8-6-11/h1-10,15H. The number of rotatable bonds is 2. The van der Waals surface area contributed by atoms with Crippen LogP contribution in [0.1, 0.15) is 17.4 Å². The molecule has 1 aliphatic rings. The lowest BCUT2D eigenvalue weighted by molar-refractivity contribution is 0.248. The van der Waals surface area contributed by atoms with Gasteiger partial charge in [-0.25, -0.2) is 4.98 Å². The van der Waals surface area contributed by atoms with Crippen molar-refractivity contribution in [2.45, 2.75) is 6.10 Å². The van der Waals surface area contributed by atoms with Crippen molar-refractivity contribution in [3.05, 3.63) is 72.6 Å². The number of ether oxygens (including phenoxy) is 1. The molecule has 1 aliphatic heterocycles. The Balaban J connectivity index is 1.81. The summed E-state index contributed by atoms with van der Waals surface area (Å²) in [5.74, 6) is 0.810. The first-order chi connectivity index (χ1) is 9.43. The molecule has 19 heavy (non-hydrogen) atoms. The van der Waals surface area contributed by atoms with Gasteiger partial charge in [0.15, 0.2) is 6.10 Å². The van der Waals surface area contributed by atoms with Crippen LogP contribution in [-0.4, -0.2) is 14.5 Å². The molecule has 0 amide bonds. The fraction of sp³-hybridized carbons (Fsp3) is 0.0667. The third-order valence-electron chi connectivity index (χ3n) is 3.32. The van der Waals surface area contributed by atoms with Crippen molar-refractivity contribution < 1.29 is 4.74 Å². The summed E-state index contributed by atoms with van der Waals surface area (Å²) in [7, 11) is 0. The summed E-state index contributed by atoms with van der Waals surface area (Å²) in [5, 5.41) is 0. The van der Waals surface area contributed by atoms with Gasteiger partial charge in [0.2, 0.25) is 0 Å². The zero-order valence-electron chi connectivity index (χ0n) is 10.1. The lowest BCUT2D eigenvalue weighted by Crippen LogP contribution is -2.06. The summed E-state index contributed by atoms with van der Waals surface area (Å²) in [5.41, 5.74) is 3.35. The molecule has 0 N–H and O–H groups in total. The Kier molecular flexibility index (Phi) is 2.14. The van der Waals surface area contributed by atoms with E-state index in [4.69, 9.17) is 4.74 Å². The van der Waals surface area contributed by atoms with Crippen molar-refractivity contribution in [3.8, 4) is 11.4 Å². The van der Waals surface area contributed by atoms with Crippen molar-refractivity contribution in [1.82, 2.24) is 14.5 Å². The number of imidazole rings is 1. The largest absolute Gasteiger partial charge is 0.479 e. The second kappa shape index (κ2) is 3.95. The zero-order chi connectivity index (χ0) is 12.7. The Morgan fingerprint density at radius 2 is 1.84 bits per heavy atom. The minimum absolute atomic E-state index is 0.110. The average Bonchev–Trinajstić information content (AvgIpc) is 3.04. The van der Waals surface area contributed by atoms with Gasteiger partial charge in [0.1, 0.15) is 5.75 Å². The van der Waals surface area contributed by atoms with Crippen molar-refractivity contribution >= 4 is 0 Å². The number of hydrogen-bond donors (Lipinski definition) is 0. The third kappa shape index (κ3) is 1.53. The number of para-hydroxylation sites is 1. The van der Waals surface area contributed by atoms with E-state index in [0.717, 1.165) is 22.7 Å². The van der Waals surface area contributed by atoms with Crippen LogP contribution in [0.25, 0.3) is 5.69 Å². The molecule has 0 fully saturated rings. The molecule has 1 unspecified atom stereocenters. The summed E-state index contributed by atoms with van der Waals surface area (Å²) < 4.78 is 8.16. The van der Waals surface area contributed by atoms with E-state index in [1.807, 2.05) is 36.8 Å². The molecule has 4 nitrogen and oxygen atoms in total. The number of fused-ring (bicyclic) bond motifs is 3. The molecule has 0 saturated heterocycles. The van der Waals surface area contributed by atoms with Gasteiger partial charge >= 0.3 is 0 Å². The number of pyridine rings is 1. The summed E-state index contributed by atoms with van der Waals surface area (Å²) in [6, 6.07) is 12.0. The van der Waals surface area contributed by atoms with E-state index in [-0.39, 0.29) is 6.10 Å². The number of nitrogens with zero attached hydrogens (tertiary/aromatic N) is 3. The van der Waals surface area contributed by atoms with E-state index in [1.165, 1.54) is 0 Å². The highest BCUT2D eigenvalue weighted by atomic mass is 16.5. The van der Waals surface area contributed by atoms with Crippen LogP contribution in [-0.2, 0) is 0 Å². The number of benzene rings is 1. The van der Waals surface area contributed by atoms with Gasteiger partial charge in [-0.05, 0) is 18.2 Å². The van der Waals surface area contributed by atoms with Crippen molar-refractivity contribution in [1.29, 1.82) is 0 Å². The molecule has 1 aromatic carbocycles. The Bertz CT molecular complexity index is 721. The second-order valence-corrected chi connectivity index (χ2v) is 4.43. The van der Waals surface area contributed by atoms with Crippen molar-refractivity contribution in [2.24, 2.45) is 0 Å². The smallest absolute Gasteiger partial charge is 0.168 e. The van der Waals surface area contributed by atoms with E-state index < -0.39 is 0 Å². The van der Waals surface area contributed by atoms with Crippen LogP contribution in [0, 0.1) is 0 Å². The fourth-order valence-electron chi connectivity index (χ4n) is 2.47. The summed E-state index contributed by atoms with van der Waals surface area (Å²) in [6.07, 6.45) is 7.03. The molecule has 2 aromatic heterocycles. The van der Waals surface area contributed by atoms with E-state index in [9.17, 15) is 0 Å². The molecule has 0 radical (unpaired) electrons. The molecule has 0 aliphatic carbocycles. The maximum atomic E-state index is 6.09. The highest BCUT2D eigenvalue weighted by Gasteiger charge is 2.30. The Morgan fingerprint density at radius 3 is 2.74 bits per heavy atom. The Labute approximate surface area is 110 Å². The van der Waals surface area contributed by atoms with Crippen molar-refractivity contribution in [3.63, 3.8) is 0 Å². The SMILES string of the molecule is c1ccc2c(c1)C(Oc1ccncc1)c1cncn1-2. The van der Waals surface area contributed by atoms with Crippen LogP contribution in [0.2, 0.25) is 0 Å². The molecule has 0 spiro atoms. The molecule has 1 atom stereocenters. The number of hydrogen-bond acceptors (Lipinski definition) is 3. The number of aromatic nitrogens is 3. The molecule has 92 valence electrons. The summed E-state index contributed by atoms with van der Waals surface area (Å²) >= 11 is 0. The van der Waals surface area contributed by atoms with Gasteiger partial charge in [-0.15, -0.1) is 0 Å². The highest BCUT2D eigenvalue weighted by molar-refractivity contribution is 5.52. The van der Waals surface area contributed by atoms with E-state index in [2.05, 4.69) is 26.7 Å². The Morgan fingerprint density at radius 1 is 1.00 bits per heavy atom. The molecule has 0 bridgehead atoms. The summed E-state index contributed by atoms with van der Waals surface area (Å²) in [6.45, 7) is 0. The van der Waals surface area contributed by atoms with Crippen LogP contribution < -0.4 is 4.74 Å². The molecular weight excluding hydrogens is 238 g/mol. The maximum absolute atomic E-state index is 6.09. The quantitative estimate of drug-likeness (QED) is 0.701. The van der Waals surface area contributed by atoms with Crippen LogP contribution in [0.3, 0.4) is 0 Å². The normalized spacial score (nSPS) is 15.9. The third-order valence-corrected chi connectivity index (χ3v) is 3.32. The van der Waals surface area contributed by atoms with Gasteiger partial charge in [0.25, 0.3) is 0 Å². The molecule has 0 saturated carbocycles. The lowest BCUT2D eigenvalue weighted by Gasteiger charge is -2.14. The van der Waals surface area contributed by atoms with Gasteiger partial charge in [-0.3, -0.25) is 9.55 Å². The first-order valence-corrected chi connectivity index (χ1v) is 6.12. The molecular formula is C15H11N3O. The minimum Gasteiger partial charge on any atom is -0.479 e. The fourth-order valence-corrected chi connectivity index (χ4v) is 2.47. The molecule has 3 aromatic rings. The predicted molar refractivity (Wildman–Crippen MR) is 70.3 cm³/mol. The van der Waals surface area contributed by atoms with E-state index >= 15 is 0 Å². The van der Waals surface area contributed by atoms with E-state index in [1.54, 1.807) is 12.4 Å². The topological polar surface area (TPSA) is 39.9 Å². The Hall–Kier alpha value is -2.62. The maximum Gasteiger partial charge on any atom is 0.168 e. The predicted octanol–water partition coefficient (Wildman–Crippen LogP) is 2.75. The zero-order valence-corrected chi connectivity index (χ0v) is 10.1. The monoisotopic (exact) mass is 249 g/mol. The van der Waals surface area contributed by atoms with Gasteiger partial charge in [0.05, 0.1) is 23.9 Å². The molecule has 3 heterocycles. The lowest BCUT2D eigenvalue weighted by atomic mass is 10.1. The van der Waals surface area contributed by atoms with Gasteiger partial charge in [-0.2, -0.15) is 0 Å². The molecule has 4 rings (SSSR count). The average molecular weight is 249 g/mol. The first-order valence-electron chi connectivity index (χ1n) is 6.12. The first kappa shape index (κ1) is 10.3. The molecule has 4 heteroatoms.